The molecule has 0 aromatic heterocycles. The molecule has 7 heteroatoms. The van der Waals surface area contributed by atoms with Crippen LogP contribution in [-0.2, 0) is 21.3 Å². The first kappa shape index (κ1) is 19.6. The van der Waals surface area contributed by atoms with E-state index in [9.17, 15) is 14.1 Å². The van der Waals surface area contributed by atoms with E-state index in [0.29, 0.717) is 24.4 Å². The quantitative estimate of drug-likeness (QED) is 0.742. The third-order valence-electron chi connectivity index (χ3n) is 3.92. The first-order valence-electron chi connectivity index (χ1n) is 7.86. The molecule has 1 fully saturated rings. The van der Waals surface area contributed by atoms with Crippen LogP contribution in [0.15, 0.2) is 59.5 Å². The van der Waals surface area contributed by atoms with E-state index in [-0.39, 0.29) is 24.4 Å². The van der Waals surface area contributed by atoms with Crippen LogP contribution < -0.4 is 10.6 Å². The molecule has 1 amide bonds. The number of carbonyl (C=O) groups is 1. The smallest absolute Gasteiger partial charge is 0.241 e. The summed E-state index contributed by atoms with van der Waals surface area (Å²) in [5, 5.41) is 15.3. The number of hydrogen-bond donors (Lipinski definition) is 3. The molecule has 134 valence electrons. The Morgan fingerprint density at radius 2 is 1.96 bits per heavy atom. The molecule has 1 aliphatic heterocycles. The van der Waals surface area contributed by atoms with Crippen molar-refractivity contribution < 1.29 is 14.1 Å². The molecule has 2 aromatic carbocycles. The van der Waals surface area contributed by atoms with Crippen molar-refractivity contribution >= 4 is 34.8 Å². The second-order valence-electron chi connectivity index (χ2n) is 5.84. The number of halogens is 1. The van der Waals surface area contributed by atoms with E-state index in [4.69, 9.17) is 0 Å². The minimum atomic E-state index is -1.12. The van der Waals surface area contributed by atoms with Crippen LogP contribution in [0.4, 0.5) is 5.69 Å². The van der Waals surface area contributed by atoms with Gasteiger partial charge in [0.1, 0.15) is 0 Å². The number of hydrogen-bond acceptors (Lipinski definition) is 4. The van der Waals surface area contributed by atoms with Gasteiger partial charge >= 0.3 is 0 Å². The molecule has 3 N–H and O–H groups in total. The lowest BCUT2D eigenvalue weighted by Crippen LogP contribution is -2.35. The van der Waals surface area contributed by atoms with Crippen molar-refractivity contribution in [2.75, 3.05) is 11.9 Å². The zero-order valence-corrected chi connectivity index (χ0v) is 15.2. The SMILES string of the molecule is Cl.O=C(Nc1cccc(CS(=O)c2ccccc2)c1)C1CC(O)CN1. The fourth-order valence-electron chi connectivity index (χ4n) is 2.69. The Balaban J connectivity index is 0.00000225. The second-order valence-corrected chi connectivity index (χ2v) is 7.29. The molecule has 3 atom stereocenters. The zero-order valence-electron chi connectivity index (χ0n) is 13.6. The topological polar surface area (TPSA) is 78.4 Å². The van der Waals surface area contributed by atoms with E-state index >= 15 is 0 Å². The van der Waals surface area contributed by atoms with Gasteiger partial charge < -0.3 is 15.7 Å². The van der Waals surface area contributed by atoms with Crippen LogP contribution in [0, 0.1) is 0 Å². The minimum absolute atomic E-state index is 0. The fraction of sp³-hybridized carbons (Fsp3) is 0.278. The molecule has 3 rings (SSSR count). The summed E-state index contributed by atoms with van der Waals surface area (Å²) in [7, 11) is -1.12. The molecule has 25 heavy (non-hydrogen) atoms. The Hall–Kier alpha value is -1.73. The van der Waals surface area contributed by atoms with Gasteiger partial charge in [0.15, 0.2) is 0 Å². The first-order chi connectivity index (χ1) is 11.6. The summed E-state index contributed by atoms with van der Waals surface area (Å²) in [5.41, 5.74) is 1.57. The van der Waals surface area contributed by atoms with Crippen LogP contribution in [0.1, 0.15) is 12.0 Å². The van der Waals surface area contributed by atoms with Gasteiger partial charge in [-0.2, -0.15) is 0 Å². The number of rotatable bonds is 5. The van der Waals surface area contributed by atoms with Gasteiger partial charge in [-0.3, -0.25) is 9.00 Å². The average Bonchev–Trinajstić information content (AvgIpc) is 3.02. The van der Waals surface area contributed by atoms with Gasteiger partial charge in [-0.25, -0.2) is 0 Å². The Kier molecular flexibility index (Phi) is 7.13. The van der Waals surface area contributed by atoms with Crippen LogP contribution in [-0.4, -0.2) is 33.9 Å². The molecule has 0 radical (unpaired) electrons. The number of carbonyl (C=O) groups excluding carboxylic acids is 1. The molecule has 1 heterocycles. The summed E-state index contributed by atoms with van der Waals surface area (Å²) in [5.74, 6) is 0.238. The lowest BCUT2D eigenvalue weighted by atomic mass is 10.1. The number of anilines is 1. The largest absolute Gasteiger partial charge is 0.392 e. The maximum absolute atomic E-state index is 12.4. The van der Waals surface area contributed by atoms with Crippen molar-refractivity contribution in [1.82, 2.24) is 5.32 Å². The van der Waals surface area contributed by atoms with Crippen LogP contribution in [0.2, 0.25) is 0 Å². The lowest BCUT2D eigenvalue weighted by molar-refractivity contribution is -0.117. The van der Waals surface area contributed by atoms with Crippen LogP contribution in [0.5, 0.6) is 0 Å². The van der Waals surface area contributed by atoms with E-state index in [1.54, 1.807) is 6.07 Å². The maximum atomic E-state index is 12.4. The second kappa shape index (κ2) is 9.10. The van der Waals surface area contributed by atoms with Gasteiger partial charge in [0, 0.05) is 17.1 Å². The number of nitrogens with one attached hydrogen (secondary N) is 2. The van der Waals surface area contributed by atoms with E-state index in [0.717, 1.165) is 10.5 Å². The minimum Gasteiger partial charge on any atom is -0.392 e. The third-order valence-corrected chi connectivity index (χ3v) is 5.32. The molecule has 0 bridgehead atoms. The van der Waals surface area contributed by atoms with Crippen molar-refractivity contribution in [2.24, 2.45) is 0 Å². The van der Waals surface area contributed by atoms with E-state index < -0.39 is 16.9 Å². The van der Waals surface area contributed by atoms with Gasteiger partial charge in [0.2, 0.25) is 5.91 Å². The van der Waals surface area contributed by atoms with E-state index in [1.807, 2.05) is 48.5 Å². The summed E-state index contributed by atoms with van der Waals surface area (Å²) in [6, 6.07) is 16.3. The Morgan fingerprint density at radius 3 is 2.64 bits per heavy atom. The molecule has 0 spiro atoms. The van der Waals surface area contributed by atoms with Crippen LogP contribution in [0.25, 0.3) is 0 Å². The molecule has 3 unspecified atom stereocenters. The highest BCUT2D eigenvalue weighted by Gasteiger charge is 2.27. The van der Waals surface area contributed by atoms with Gasteiger partial charge in [-0.15, -0.1) is 12.4 Å². The molecule has 5 nitrogen and oxygen atoms in total. The molecule has 0 saturated carbocycles. The molecule has 1 aliphatic rings. The zero-order chi connectivity index (χ0) is 16.9. The standard InChI is InChI=1S/C18H20N2O3S.ClH/c21-15-10-17(19-11-15)18(22)20-14-6-4-5-13(9-14)12-24(23)16-7-2-1-3-8-16;/h1-9,15,17,19,21H,10-12H2,(H,20,22);1H. The Labute approximate surface area is 155 Å². The van der Waals surface area contributed by atoms with Crippen molar-refractivity contribution in [3.8, 4) is 0 Å². The summed E-state index contributed by atoms with van der Waals surface area (Å²) < 4.78 is 12.4. The number of benzene rings is 2. The van der Waals surface area contributed by atoms with Gasteiger partial charge in [0.05, 0.1) is 28.7 Å². The van der Waals surface area contributed by atoms with E-state index in [1.165, 1.54) is 0 Å². The predicted octanol–water partition coefficient (Wildman–Crippen LogP) is 2.08. The summed E-state index contributed by atoms with van der Waals surface area (Å²) >= 11 is 0. The highest BCUT2D eigenvalue weighted by atomic mass is 35.5. The van der Waals surface area contributed by atoms with Gasteiger partial charge in [-0.05, 0) is 36.2 Å². The molecule has 1 saturated heterocycles. The first-order valence-corrected chi connectivity index (χ1v) is 9.18. The summed E-state index contributed by atoms with van der Waals surface area (Å²) in [4.78, 5) is 13.0. The normalized spacial score (nSPS) is 20.5. The monoisotopic (exact) mass is 380 g/mol. The summed E-state index contributed by atoms with van der Waals surface area (Å²) in [6.45, 7) is 0.439. The number of aliphatic hydroxyl groups excluding tert-OH is 1. The molecular weight excluding hydrogens is 360 g/mol. The van der Waals surface area contributed by atoms with Crippen molar-refractivity contribution in [3.63, 3.8) is 0 Å². The molecule has 0 aliphatic carbocycles. The molecule has 2 aromatic rings. The van der Waals surface area contributed by atoms with Crippen molar-refractivity contribution in [2.45, 2.75) is 29.2 Å². The summed E-state index contributed by atoms with van der Waals surface area (Å²) in [6.07, 6.45) is -0.0517. The predicted molar refractivity (Wildman–Crippen MR) is 101 cm³/mol. The average molecular weight is 381 g/mol. The van der Waals surface area contributed by atoms with Gasteiger partial charge in [0.25, 0.3) is 0 Å². The Morgan fingerprint density at radius 1 is 1.20 bits per heavy atom. The van der Waals surface area contributed by atoms with Crippen molar-refractivity contribution in [3.05, 3.63) is 60.2 Å². The van der Waals surface area contributed by atoms with Crippen LogP contribution in [0.3, 0.4) is 0 Å². The number of amides is 1. The highest BCUT2D eigenvalue weighted by Crippen LogP contribution is 2.17. The fourth-order valence-corrected chi connectivity index (χ4v) is 3.80. The lowest BCUT2D eigenvalue weighted by Gasteiger charge is -2.12. The number of β-amino-alcohol motifs (C(OH)–C–C–N with tert-alkyl or cyclic N) is 1. The highest BCUT2D eigenvalue weighted by molar-refractivity contribution is 7.84. The van der Waals surface area contributed by atoms with E-state index in [2.05, 4.69) is 10.6 Å². The Bertz CT molecular complexity index is 742. The van der Waals surface area contributed by atoms with Crippen molar-refractivity contribution in [1.29, 1.82) is 0 Å². The maximum Gasteiger partial charge on any atom is 0.241 e. The van der Waals surface area contributed by atoms with Crippen LogP contribution >= 0.6 is 12.4 Å². The third kappa shape index (κ3) is 5.37. The van der Waals surface area contributed by atoms with Gasteiger partial charge in [-0.1, -0.05) is 30.3 Å². The number of aliphatic hydroxyl groups is 1. The molecular formula is C18H21ClN2O3S.